The zero-order chi connectivity index (χ0) is 20.7. The number of fused-ring (bicyclic) bond motifs is 1. The van der Waals surface area contributed by atoms with E-state index in [2.05, 4.69) is 20.3 Å². The number of hydrogen-bond acceptors (Lipinski definition) is 8. The maximum Gasteiger partial charge on any atom is 0.257 e. The highest BCUT2D eigenvalue weighted by atomic mass is 35.5. The minimum Gasteiger partial charge on any atom is -0.431 e. The molecule has 0 spiro atoms. The average molecular weight is 439 g/mol. The van der Waals surface area contributed by atoms with Gasteiger partial charge in [0.05, 0.1) is 5.75 Å². The van der Waals surface area contributed by atoms with Crippen molar-refractivity contribution in [1.82, 2.24) is 20.3 Å². The lowest BCUT2D eigenvalue weighted by Gasteiger charge is -1.98. The van der Waals surface area contributed by atoms with Gasteiger partial charge in [0.15, 0.2) is 5.58 Å². The third-order valence-electron chi connectivity index (χ3n) is 4.53. The number of aromatic nitrogens is 4. The van der Waals surface area contributed by atoms with Crippen molar-refractivity contribution in [1.29, 1.82) is 0 Å². The first kappa shape index (κ1) is 18.9. The van der Waals surface area contributed by atoms with Crippen molar-refractivity contribution in [2.75, 3.05) is 0 Å². The van der Waals surface area contributed by atoms with Crippen LogP contribution in [0, 0.1) is 13.8 Å². The van der Waals surface area contributed by atoms with Crippen molar-refractivity contribution in [3.8, 4) is 22.7 Å². The molecule has 0 aliphatic rings. The Morgan fingerprint density at radius 3 is 2.70 bits per heavy atom. The molecule has 0 aliphatic carbocycles. The Bertz CT molecular complexity index is 1340. The number of benzene rings is 2. The van der Waals surface area contributed by atoms with Crippen molar-refractivity contribution in [3.05, 3.63) is 64.7 Å². The van der Waals surface area contributed by atoms with Crippen molar-refractivity contribution < 1.29 is 13.4 Å². The van der Waals surface area contributed by atoms with Crippen LogP contribution in [0.5, 0.6) is 0 Å². The summed E-state index contributed by atoms with van der Waals surface area (Å²) in [5.41, 5.74) is 4.66. The molecule has 0 bridgehead atoms. The molecule has 9 heteroatoms. The fraction of sp³-hybridized carbons (Fsp3) is 0.143. The molecule has 2 aromatic carbocycles. The number of nitrogens with zero attached hydrogens (tertiary/aromatic N) is 4. The molecule has 30 heavy (non-hydrogen) atoms. The lowest BCUT2D eigenvalue weighted by atomic mass is 10.1. The van der Waals surface area contributed by atoms with E-state index in [-0.39, 0.29) is 0 Å². The predicted molar refractivity (Wildman–Crippen MR) is 113 cm³/mol. The Morgan fingerprint density at radius 2 is 1.87 bits per heavy atom. The van der Waals surface area contributed by atoms with Crippen molar-refractivity contribution >= 4 is 34.5 Å². The van der Waals surface area contributed by atoms with Gasteiger partial charge in [-0.1, -0.05) is 58.9 Å². The summed E-state index contributed by atoms with van der Waals surface area (Å²) in [7, 11) is 0. The molecule has 0 unspecified atom stereocenters. The molecule has 0 fully saturated rings. The van der Waals surface area contributed by atoms with Crippen LogP contribution in [-0.4, -0.2) is 20.3 Å². The molecule has 0 saturated heterocycles. The molecule has 0 N–H and O–H groups in total. The topological polar surface area (TPSA) is 91.0 Å². The second-order valence-electron chi connectivity index (χ2n) is 6.67. The Morgan fingerprint density at radius 1 is 1.03 bits per heavy atom. The van der Waals surface area contributed by atoms with Gasteiger partial charge in [0, 0.05) is 10.6 Å². The number of aryl methyl sites for hydroxylation is 2. The normalized spacial score (nSPS) is 11.4. The van der Waals surface area contributed by atoms with Gasteiger partial charge < -0.3 is 13.4 Å². The van der Waals surface area contributed by atoms with E-state index in [0.29, 0.717) is 44.8 Å². The van der Waals surface area contributed by atoms with E-state index in [4.69, 9.17) is 25.0 Å². The minimum atomic E-state index is 0.364. The molecular formula is C21H15ClN4O3S. The summed E-state index contributed by atoms with van der Waals surface area (Å²) in [5.74, 6) is 1.84. The lowest BCUT2D eigenvalue weighted by molar-refractivity contribution is 0.399. The number of oxazole rings is 1. The molecule has 3 aromatic heterocycles. The highest BCUT2D eigenvalue weighted by Crippen LogP contribution is 2.34. The van der Waals surface area contributed by atoms with Crippen LogP contribution in [0.25, 0.3) is 33.8 Å². The zero-order valence-electron chi connectivity index (χ0n) is 16.0. The van der Waals surface area contributed by atoms with Gasteiger partial charge in [0.1, 0.15) is 22.5 Å². The van der Waals surface area contributed by atoms with E-state index in [0.717, 1.165) is 22.2 Å². The Kier molecular flexibility index (Phi) is 4.80. The van der Waals surface area contributed by atoms with Crippen molar-refractivity contribution in [2.24, 2.45) is 0 Å². The highest BCUT2D eigenvalue weighted by molar-refractivity contribution is 7.98. The first-order valence-corrected chi connectivity index (χ1v) is 10.5. The van der Waals surface area contributed by atoms with Crippen LogP contribution in [0.3, 0.4) is 0 Å². The fourth-order valence-corrected chi connectivity index (χ4v) is 4.09. The van der Waals surface area contributed by atoms with Crippen LogP contribution in [-0.2, 0) is 5.75 Å². The van der Waals surface area contributed by atoms with E-state index >= 15 is 0 Å². The van der Waals surface area contributed by atoms with E-state index in [9.17, 15) is 0 Å². The van der Waals surface area contributed by atoms with Gasteiger partial charge in [0.25, 0.3) is 11.1 Å². The third kappa shape index (κ3) is 3.48. The standard InChI is InChI=1S/C21H15ClN4O3S/c1-11-8-14(22)9-15-19(11)28-21(23-15)30-10-16-24-25-20(27-16)17-12(2)29-26-18(17)13-6-4-3-5-7-13/h3-9H,10H2,1-2H3. The monoisotopic (exact) mass is 438 g/mol. The van der Waals surface area contributed by atoms with Crippen LogP contribution in [0.4, 0.5) is 0 Å². The van der Waals surface area contributed by atoms with Crippen LogP contribution >= 0.6 is 23.4 Å². The average Bonchev–Trinajstić information content (AvgIpc) is 3.45. The third-order valence-corrected chi connectivity index (χ3v) is 5.56. The maximum atomic E-state index is 6.09. The molecule has 0 radical (unpaired) electrons. The quantitative estimate of drug-likeness (QED) is 0.304. The van der Waals surface area contributed by atoms with Crippen molar-refractivity contribution in [2.45, 2.75) is 24.8 Å². The summed E-state index contributed by atoms with van der Waals surface area (Å²) in [4.78, 5) is 4.47. The summed E-state index contributed by atoms with van der Waals surface area (Å²) >= 11 is 7.47. The Hall–Kier alpha value is -3.10. The van der Waals surface area contributed by atoms with E-state index < -0.39 is 0 Å². The van der Waals surface area contributed by atoms with Crippen LogP contribution in [0.1, 0.15) is 17.2 Å². The van der Waals surface area contributed by atoms with Gasteiger partial charge >= 0.3 is 0 Å². The highest BCUT2D eigenvalue weighted by Gasteiger charge is 2.22. The molecule has 0 amide bonds. The SMILES string of the molecule is Cc1onc(-c2ccccc2)c1-c1nnc(CSc2nc3cc(Cl)cc(C)c3o2)o1. The minimum absolute atomic E-state index is 0.364. The molecule has 0 atom stereocenters. The van der Waals surface area contributed by atoms with Gasteiger partial charge in [-0.05, 0) is 31.5 Å². The second-order valence-corrected chi connectivity index (χ2v) is 8.03. The van der Waals surface area contributed by atoms with Gasteiger partial charge in [-0.3, -0.25) is 0 Å². The van der Waals surface area contributed by atoms with Crippen LogP contribution in [0.2, 0.25) is 5.02 Å². The predicted octanol–water partition coefficient (Wildman–Crippen LogP) is 6.10. The summed E-state index contributed by atoms with van der Waals surface area (Å²) in [6, 6.07) is 13.4. The van der Waals surface area contributed by atoms with E-state index in [1.54, 1.807) is 6.07 Å². The molecule has 7 nitrogen and oxygen atoms in total. The number of halogens is 1. The largest absolute Gasteiger partial charge is 0.431 e. The smallest absolute Gasteiger partial charge is 0.257 e. The maximum absolute atomic E-state index is 6.09. The van der Waals surface area contributed by atoms with E-state index in [1.807, 2.05) is 50.2 Å². The van der Waals surface area contributed by atoms with Crippen LogP contribution in [0.15, 0.2) is 61.0 Å². The first-order chi connectivity index (χ1) is 14.6. The van der Waals surface area contributed by atoms with Gasteiger partial charge in [0.2, 0.25) is 5.89 Å². The lowest BCUT2D eigenvalue weighted by Crippen LogP contribution is -1.84. The van der Waals surface area contributed by atoms with Crippen molar-refractivity contribution in [3.63, 3.8) is 0 Å². The Balaban J connectivity index is 1.38. The second kappa shape index (κ2) is 7.62. The molecule has 5 aromatic rings. The molecule has 0 saturated carbocycles. The summed E-state index contributed by atoms with van der Waals surface area (Å²) in [6.07, 6.45) is 0. The molecule has 150 valence electrons. The van der Waals surface area contributed by atoms with Gasteiger partial charge in [-0.15, -0.1) is 10.2 Å². The number of rotatable bonds is 5. The molecule has 3 heterocycles. The fourth-order valence-electron chi connectivity index (χ4n) is 3.15. The van der Waals surface area contributed by atoms with Gasteiger partial charge in [-0.2, -0.15) is 0 Å². The van der Waals surface area contributed by atoms with Crippen LogP contribution < -0.4 is 0 Å². The molecule has 0 aliphatic heterocycles. The molecule has 5 rings (SSSR count). The summed E-state index contributed by atoms with van der Waals surface area (Å²) < 4.78 is 17.1. The Labute approximate surface area is 180 Å². The number of thioether (sulfide) groups is 1. The molecular weight excluding hydrogens is 424 g/mol. The summed E-state index contributed by atoms with van der Waals surface area (Å²) in [6.45, 7) is 3.75. The first-order valence-electron chi connectivity index (χ1n) is 9.12. The van der Waals surface area contributed by atoms with E-state index in [1.165, 1.54) is 11.8 Å². The number of hydrogen-bond donors (Lipinski definition) is 0. The van der Waals surface area contributed by atoms with Gasteiger partial charge in [-0.25, -0.2) is 4.98 Å². The summed E-state index contributed by atoms with van der Waals surface area (Å²) in [5, 5.41) is 13.6. The zero-order valence-corrected chi connectivity index (χ0v) is 17.6.